The van der Waals surface area contributed by atoms with E-state index in [1.165, 1.54) is 11.1 Å². The van der Waals surface area contributed by atoms with Crippen molar-refractivity contribution in [2.75, 3.05) is 6.54 Å². The first-order valence-electron chi connectivity index (χ1n) is 6.27. The fourth-order valence-electron chi connectivity index (χ4n) is 2.00. The standard InChI is InChI=1S/C15H19BrN2O/c1-11-6-7-12(16)9-13(11)15(2,3)10-18-14(19)5-4-8-17/h6-7,9H,4-5,10H2,1-3H3,(H,18,19). The van der Waals surface area contributed by atoms with Crippen LogP contribution in [-0.2, 0) is 10.2 Å². The van der Waals surface area contributed by atoms with Gasteiger partial charge in [-0.3, -0.25) is 4.79 Å². The van der Waals surface area contributed by atoms with Crippen molar-refractivity contribution in [3.8, 4) is 6.07 Å². The summed E-state index contributed by atoms with van der Waals surface area (Å²) >= 11 is 3.48. The van der Waals surface area contributed by atoms with E-state index < -0.39 is 0 Å². The van der Waals surface area contributed by atoms with Crippen LogP contribution < -0.4 is 5.32 Å². The van der Waals surface area contributed by atoms with Crippen molar-refractivity contribution in [1.82, 2.24) is 5.32 Å². The average molecular weight is 323 g/mol. The predicted molar refractivity (Wildman–Crippen MR) is 79.8 cm³/mol. The average Bonchev–Trinajstić information content (AvgIpc) is 2.36. The van der Waals surface area contributed by atoms with E-state index in [9.17, 15) is 4.79 Å². The van der Waals surface area contributed by atoms with Crippen molar-refractivity contribution in [3.63, 3.8) is 0 Å². The predicted octanol–water partition coefficient (Wildman–Crippen LogP) is 3.46. The number of hydrogen-bond donors (Lipinski definition) is 1. The van der Waals surface area contributed by atoms with Crippen LogP contribution in [0.5, 0.6) is 0 Å². The molecule has 4 heteroatoms. The Kier molecular flexibility index (Phi) is 5.56. The van der Waals surface area contributed by atoms with Gasteiger partial charge in [0.15, 0.2) is 0 Å². The molecule has 0 radical (unpaired) electrons. The molecule has 1 amide bonds. The highest BCUT2D eigenvalue weighted by Crippen LogP contribution is 2.28. The molecule has 0 heterocycles. The summed E-state index contributed by atoms with van der Waals surface area (Å²) in [5.41, 5.74) is 2.28. The molecule has 0 atom stereocenters. The highest BCUT2D eigenvalue weighted by atomic mass is 79.9. The van der Waals surface area contributed by atoms with Gasteiger partial charge in [0, 0.05) is 29.3 Å². The number of aryl methyl sites for hydroxylation is 1. The summed E-state index contributed by atoms with van der Waals surface area (Å²) in [6.45, 7) is 6.84. The van der Waals surface area contributed by atoms with Crippen LogP contribution in [0.4, 0.5) is 0 Å². The van der Waals surface area contributed by atoms with Gasteiger partial charge in [-0.05, 0) is 30.2 Å². The number of nitriles is 1. The van der Waals surface area contributed by atoms with E-state index in [1.807, 2.05) is 12.1 Å². The highest BCUT2D eigenvalue weighted by molar-refractivity contribution is 9.10. The largest absolute Gasteiger partial charge is 0.355 e. The molecule has 3 nitrogen and oxygen atoms in total. The van der Waals surface area contributed by atoms with E-state index in [1.54, 1.807) is 0 Å². The van der Waals surface area contributed by atoms with E-state index in [0.29, 0.717) is 6.54 Å². The Morgan fingerprint density at radius 3 is 2.79 bits per heavy atom. The minimum Gasteiger partial charge on any atom is -0.355 e. The number of nitrogens with zero attached hydrogens (tertiary/aromatic N) is 1. The molecule has 0 aromatic heterocycles. The van der Waals surface area contributed by atoms with E-state index in [2.05, 4.69) is 54.2 Å². The van der Waals surface area contributed by atoms with Crippen LogP contribution in [-0.4, -0.2) is 12.5 Å². The van der Waals surface area contributed by atoms with E-state index in [4.69, 9.17) is 5.26 Å². The molecular weight excluding hydrogens is 304 g/mol. The van der Waals surface area contributed by atoms with Gasteiger partial charge in [-0.1, -0.05) is 35.8 Å². The monoisotopic (exact) mass is 322 g/mol. The molecule has 0 aliphatic rings. The summed E-state index contributed by atoms with van der Waals surface area (Å²) in [6, 6.07) is 8.15. The van der Waals surface area contributed by atoms with Gasteiger partial charge in [-0.2, -0.15) is 5.26 Å². The molecule has 19 heavy (non-hydrogen) atoms. The molecule has 1 rings (SSSR count). The van der Waals surface area contributed by atoms with Gasteiger partial charge in [-0.15, -0.1) is 0 Å². The first-order valence-corrected chi connectivity index (χ1v) is 7.06. The summed E-state index contributed by atoms with van der Waals surface area (Å²) in [5, 5.41) is 11.4. The normalized spacial score (nSPS) is 10.9. The number of benzene rings is 1. The zero-order valence-electron chi connectivity index (χ0n) is 11.6. The van der Waals surface area contributed by atoms with E-state index >= 15 is 0 Å². The van der Waals surface area contributed by atoms with Gasteiger partial charge in [0.1, 0.15) is 0 Å². The Labute approximate surface area is 123 Å². The molecule has 1 aromatic carbocycles. The van der Waals surface area contributed by atoms with Crippen molar-refractivity contribution in [3.05, 3.63) is 33.8 Å². The lowest BCUT2D eigenvalue weighted by molar-refractivity contribution is -0.121. The smallest absolute Gasteiger partial charge is 0.221 e. The minimum atomic E-state index is -0.143. The number of halogens is 1. The second-order valence-corrected chi connectivity index (χ2v) is 6.19. The highest BCUT2D eigenvalue weighted by Gasteiger charge is 2.23. The van der Waals surface area contributed by atoms with Crippen molar-refractivity contribution in [2.24, 2.45) is 0 Å². The Morgan fingerprint density at radius 2 is 2.16 bits per heavy atom. The molecule has 0 saturated heterocycles. The molecule has 0 spiro atoms. The van der Waals surface area contributed by atoms with Gasteiger partial charge in [0.2, 0.25) is 5.91 Å². The maximum atomic E-state index is 11.6. The molecule has 0 aliphatic carbocycles. The molecule has 0 aliphatic heterocycles. The molecular formula is C15H19BrN2O. The van der Waals surface area contributed by atoms with Crippen molar-refractivity contribution >= 4 is 21.8 Å². The molecule has 0 bridgehead atoms. The van der Waals surface area contributed by atoms with Crippen LogP contribution in [0.15, 0.2) is 22.7 Å². The fraction of sp³-hybridized carbons (Fsp3) is 0.467. The maximum Gasteiger partial charge on any atom is 0.221 e. The van der Waals surface area contributed by atoms with Crippen molar-refractivity contribution in [2.45, 2.75) is 39.0 Å². The molecule has 0 saturated carbocycles. The minimum absolute atomic E-state index is 0.0673. The van der Waals surface area contributed by atoms with Gasteiger partial charge >= 0.3 is 0 Å². The van der Waals surface area contributed by atoms with Crippen LogP contribution in [0.1, 0.15) is 37.8 Å². The van der Waals surface area contributed by atoms with Gasteiger partial charge < -0.3 is 5.32 Å². The van der Waals surface area contributed by atoms with Gasteiger partial charge in [0.25, 0.3) is 0 Å². The van der Waals surface area contributed by atoms with Crippen LogP contribution >= 0.6 is 15.9 Å². The number of amides is 1. The second kappa shape index (κ2) is 6.72. The lowest BCUT2D eigenvalue weighted by Gasteiger charge is -2.27. The Balaban J connectivity index is 2.73. The summed E-state index contributed by atoms with van der Waals surface area (Å²) in [4.78, 5) is 11.6. The summed E-state index contributed by atoms with van der Waals surface area (Å²) < 4.78 is 1.04. The Hall–Kier alpha value is -1.34. The fourth-order valence-corrected chi connectivity index (χ4v) is 2.36. The number of carbonyl (C=O) groups is 1. The lowest BCUT2D eigenvalue weighted by atomic mass is 9.82. The topological polar surface area (TPSA) is 52.9 Å². The zero-order valence-corrected chi connectivity index (χ0v) is 13.2. The quantitative estimate of drug-likeness (QED) is 0.902. The van der Waals surface area contributed by atoms with Gasteiger partial charge in [0.05, 0.1) is 6.07 Å². The summed E-state index contributed by atoms with van der Waals surface area (Å²) in [7, 11) is 0. The molecule has 0 fully saturated rings. The van der Waals surface area contributed by atoms with Gasteiger partial charge in [-0.25, -0.2) is 0 Å². The molecule has 1 aromatic rings. The van der Waals surface area contributed by atoms with Crippen LogP contribution in [0.25, 0.3) is 0 Å². The Morgan fingerprint density at radius 1 is 1.47 bits per heavy atom. The number of rotatable bonds is 5. The van der Waals surface area contributed by atoms with Crippen LogP contribution in [0.3, 0.4) is 0 Å². The summed E-state index contributed by atoms with van der Waals surface area (Å²) in [5.74, 6) is -0.0673. The first-order chi connectivity index (χ1) is 8.86. The molecule has 1 N–H and O–H groups in total. The van der Waals surface area contributed by atoms with E-state index in [-0.39, 0.29) is 24.2 Å². The molecule has 102 valence electrons. The number of carbonyl (C=O) groups excluding carboxylic acids is 1. The maximum absolute atomic E-state index is 11.6. The SMILES string of the molecule is Cc1ccc(Br)cc1C(C)(C)CNC(=O)CCC#N. The number of hydrogen-bond acceptors (Lipinski definition) is 2. The Bertz CT molecular complexity index is 503. The van der Waals surface area contributed by atoms with Crippen LogP contribution in [0, 0.1) is 18.3 Å². The third kappa shape index (κ3) is 4.68. The van der Waals surface area contributed by atoms with Crippen molar-refractivity contribution < 1.29 is 4.79 Å². The van der Waals surface area contributed by atoms with E-state index in [0.717, 1.165) is 4.47 Å². The summed E-state index contributed by atoms with van der Waals surface area (Å²) in [6.07, 6.45) is 0.534. The third-order valence-electron chi connectivity index (χ3n) is 3.12. The second-order valence-electron chi connectivity index (χ2n) is 5.28. The first kappa shape index (κ1) is 15.7. The van der Waals surface area contributed by atoms with Crippen molar-refractivity contribution in [1.29, 1.82) is 5.26 Å². The lowest BCUT2D eigenvalue weighted by Crippen LogP contribution is -2.37. The zero-order chi connectivity index (χ0) is 14.5. The van der Waals surface area contributed by atoms with Crippen LogP contribution in [0.2, 0.25) is 0 Å². The molecule has 0 unspecified atom stereocenters. The third-order valence-corrected chi connectivity index (χ3v) is 3.61. The number of nitrogens with one attached hydrogen (secondary N) is 1.